The predicted octanol–water partition coefficient (Wildman–Crippen LogP) is 4.72. The molecule has 6 nitrogen and oxygen atoms in total. The van der Waals surface area contributed by atoms with E-state index in [4.69, 9.17) is 5.26 Å². The molecule has 2 N–H and O–H groups in total. The zero-order valence-corrected chi connectivity index (χ0v) is 19.5. The number of amides is 1. The summed E-state index contributed by atoms with van der Waals surface area (Å²) in [6.45, 7) is 2.81. The van der Waals surface area contributed by atoms with Crippen molar-refractivity contribution in [1.29, 1.82) is 5.26 Å². The number of rotatable bonds is 6. The van der Waals surface area contributed by atoms with E-state index in [0.717, 1.165) is 24.6 Å². The van der Waals surface area contributed by atoms with E-state index in [0.29, 0.717) is 17.2 Å². The van der Waals surface area contributed by atoms with Crippen LogP contribution in [0.2, 0.25) is 0 Å². The van der Waals surface area contributed by atoms with Gasteiger partial charge in [-0.05, 0) is 43.7 Å². The molecule has 0 aromatic heterocycles. The van der Waals surface area contributed by atoms with Crippen LogP contribution in [-0.4, -0.2) is 30.8 Å². The first-order chi connectivity index (χ1) is 16.2. The first-order valence-corrected chi connectivity index (χ1v) is 11.9. The number of carbonyl (C=O) groups is 1. The fourth-order valence-electron chi connectivity index (χ4n) is 3.52. The van der Waals surface area contributed by atoms with Gasteiger partial charge >= 0.3 is 6.18 Å². The van der Waals surface area contributed by atoms with E-state index in [1.54, 1.807) is 30.3 Å². The average Bonchev–Trinajstić information content (AvgIpc) is 2.78. The van der Waals surface area contributed by atoms with Gasteiger partial charge in [-0.3, -0.25) is 4.79 Å². The van der Waals surface area contributed by atoms with Crippen LogP contribution in [0.5, 0.6) is 0 Å². The Hall–Kier alpha value is -3.68. The van der Waals surface area contributed by atoms with Gasteiger partial charge in [0.05, 0.1) is 27.8 Å². The molecular formula is C25H21F3N2O4S. The van der Waals surface area contributed by atoms with Crippen LogP contribution in [0.25, 0.3) is 11.1 Å². The average molecular weight is 503 g/mol. The molecular weight excluding hydrogens is 481 g/mol. The Morgan fingerprint density at radius 1 is 1.06 bits per heavy atom. The zero-order chi connectivity index (χ0) is 26.0. The summed E-state index contributed by atoms with van der Waals surface area (Å²) in [6.07, 6.45) is -4.85. The van der Waals surface area contributed by atoms with Crippen LogP contribution >= 0.6 is 0 Å². The van der Waals surface area contributed by atoms with E-state index >= 15 is 0 Å². The van der Waals surface area contributed by atoms with Crippen molar-refractivity contribution < 1.29 is 31.5 Å². The number of nitrogens with zero attached hydrogens (tertiary/aromatic N) is 1. The van der Waals surface area contributed by atoms with Crippen molar-refractivity contribution >= 4 is 21.4 Å². The lowest BCUT2D eigenvalue weighted by Gasteiger charge is -2.23. The molecule has 0 saturated carbocycles. The number of benzene rings is 3. The van der Waals surface area contributed by atoms with Gasteiger partial charge in [0.15, 0.2) is 15.4 Å². The predicted molar refractivity (Wildman–Crippen MR) is 124 cm³/mol. The quantitative estimate of drug-likeness (QED) is 0.508. The van der Waals surface area contributed by atoms with Crippen LogP contribution in [0.3, 0.4) is 0 Å². The summed E-state index contributed by atoms with van der Waals surface area (Å²) in [5, 5.41) is 21.7. The number of anilines is 1. The Balaban J connectivity index is 1.90. The van der Waals surface area contributed by atoms with Crippen LogP contribution in [-0.2, 0) is 20.8 Å². The fraction of sp³-hybridized carbons (Fsp3) is 0.200. The largest absolute Gasteiger partial charge is 0.417 e. The smallest absolute Gasteiger partial charge is 0.379 e. The molecule has 0 saturated heterocycles. The number of hydrogen-bond donors (Lipinski definition) is 2. The molecule has 3 rings (SSSR count). The van der Waals surface area contributed by atoms with Crippen LogP contribution in [0.1, 0.15) is 23.6 Å². The molecule has 1 amide bonds. The van der Waals surface area contributed by atoms with Crippen molar-refractivity contribution in [3.8, 4) is 17.2 Å². The van der Waals surface area contributed by atoms with Gasteiger partial charge in [-0.15, -0.1) is 0 Å². The Morgan fingerprint density at radius 3 is 2.37 bits per heavy atom. The lowest BCUT2D eigenvalue weighted by atomic mass is 10.0. The van der Waals surface area contributed by atoms with Crippen molar-refractivity contribution in [2.75, 3.05) is 11.1 Å². The van der Waals surface area contributed by atoms with E-state index in [-0.39, 0.29) is 10.6 Å². The molecule has 3 aromatic rings. The number of halogens is 3. The highest BCUT2D eigenvalue weighted by Gasteiger charge is 2.38. The number of carbonyl (C=O) groups excluding carboxylic acids is 1. The zero-order valence-electron chi connectivity index (χ0n) is 18.7. The third-order valence-electron chi connectivity index (χ3n) is 5.21. The van der Waals surface area contributed by atoms with Gasteiger partial charge in [0.1, 0.15) is 0 Å². The van der Waals surface area contributed by atoms with Crippen molar-refractivity contribution in [1.82, 2.24) is 0 Å². The molecule has 35 heavy (non-hydrogen) atoms. The number of aliphatic hydroxyl groups is 1. The topological polar surface area (TPSA) is 107 Å². The molecule has 0 radical (unpaired) electrons. The number of hydrogen-bond acceptors (Lipinski definition) is 5. The molecule has 182 valence electrons. The maximum absolute atomic E-state index is 13.2. The van der Waals surface area contributed by atoms with Crippen LogP contribution in [0, 0.1) is 18.3 Å². The van der Waals surface area contributed by atoms with Crippen molar-refractivity contribution in [2.45, 2.75) is 30.5 Å². The Morgan fingerprint density at radius 2 is 1.74 bits per heavy atom. The molecule has 0 fully saturated rings. The molecule has 1 unspecified atom stereocenters. The van der Waals surface area contributed by atoms with Crippen LogP contribution in [0.15, 0.2) is 71.6 Å². The Labute approximate surface area is 200 Å². The molecule has 1 atom stereocenters. The van der Waals surface area contributed by atoms with E-state index in [9.17, 15) is 31.5 Å². The van der Waals surface area contributed by atoms with Gasteiger partial charge in [-0.25, -0.2) is 8.42 Å². The fourth-order valence-corrected chi connectivity index (χ4v) is 5.36. The highest BCUT2D eigenvalue weighted by molar-refractivity contribution is 7.91. The van der Waals surface area contributed by atoms with Gasteiger partial charge in [0, 0.05) is 11.3 Å². The lowest BCUT2D eigenvalue weighted by molar-refractivity contribution is -0.137. The maximum Gasteiger partial charge on any atom is 0.417 e. The molecule has 0 bridgehead atoms. The third kappa shape index (κ3) is 5.88. The number of nitrogens with one attached hydrogen (secondary N) is 1. The molecule has 0 aliphatic heterocycles. The van der Waals surface area contributed by atoms with E-state index < -0.39 is 44.4 Å². The third-order valence-corrected chi connectivity index (χ3v) is 7.18. The maximum atomic E-state index is 13.2. The molecule has 0 aliphatic carbocycles. The minimum atomic E-state index is -4.85. The first kappa shape index (κ1) is 25.9. The summed E-state index contributed by atoms with van der Waals surface area (Å²) in [5.41, 5.74) is -2.82. The van der Waals surface area contributed by atoms with Crippen molar-refractivity contribution in [2.24, 2.45) is 0 Å². The second kappa shape index (κ2) is 9.52. The van der Waals surface area contributed by atoms with Crippen LogP contribution < -0.4 is 5.32 Å². The van der Waals surface area contributed by atoms with Crippen molar-refractivity contribution in [3.63, 3.8) is 0 Å². The standard InChI is InChI=1S/C25H21F3N2O4S/c1-16-6-5-7-17(12-16)20-8-3-4-9-22(20)35(33,34)15-24(2,32)23(31)30-19-11-10-18(14-29)21(13-19)25(26,27)28/h3-13,32H,15H2,1-2H3,(H,30,31). The van der Waals surface area contributed by atoms with Crippen molar-refractivity contribution in [3.05, 3.63) is 83.4 Å². The van der Waals surface area contributed by atoms with E-state index in [1.807, 2.05) is 13.0 Å². The number of aryl methyl sites for hydroxylation is 1. The lowest BCUT2D eigenvalue weighted by Crippen LogP contribution is -2.45. The van der Waals surface area contributed by atoms with E-state index in [2.05, 4.69) is 5.32 Å². The Bertz CT molecular complexity index is 1430. The summed E-state index contributed by atoms with van der Waals surface area (Å²) in [5.74, 6) is -2.23. The minimum absolute atomic E-state index is 0.101. The second-order valence-corrected chi connectivity index (χ2v) is 10.2. The summed E-state index contributed by atoms with van der Waals surface area (Å²) < 4.78 is 66.1. The van der Waals surface area contributed by atoms with Crippen LogP contribution in [0.4, 0.5) is 18.9 Å². The molecule has 3 aromatic carbocycles. The Kier molecular flexibility index (Phi) is 7.06. The number of alkyl halides is 3. The first-order valence-electron chi connectivity index (χ1n) is 10.3. The normalized spacial score (nSPS) is 13.5. The minimum Gasteiger partial charge on any atom is -0.379 e. The van der Waals surface area contributed by atoms with Gasteiger partial charge in [0.2, 0.25) is 0 Å². The van der Waals surface area contributed by atoms with Gasteiger partial charge in [-0.1, -0.05) is 48.0 Å². The summed E-state index contributed by atoms with van der Waals surface area (Å²) >= 11 is 0. The molecule has 0 aliphatic rings. The summed E-state index contributed by atoms with van der Waals surface area (Å²) in [6, 6.07) is 17.2. The number of sulfone groups is 1. The van der Waals surface area contributed by atoms with Gasteiger partial charge in [0.25, 0.3) is 5.91 Å². The molecule has 10 heteroatoms. The summed E-state index contributed by atoms with van der Waals surface area (Å²) in [7, 11) is -4.22. The number of nitriles is 1. The monoisotopic (exact) mass is 502 g/mol. The second-order valence-electron chi connectivity index (χ2n) is 8.22. The molecule has 0 spiro atoms. The van der Waals surface area contributed by atoms with Gasteiger partial charge < -0.3 is 10.4 Å². The highest BCUT2D eigenvalue weighted by atomic mass is 32.2. The van der Waals surface area contributed by atoms with E-state index in [1.165, 1.54) is 18.2 Å². The summed E-state index contributed by atoms with van der Waals surface area (Å²) in [4.78, 5) is 12.6. The SMILES string of the molecule is Cc1cccc(-c2ccccc2S(=O)(=O)CC(C)(O)C(=O)Nc2ccc(C#N)c(C(F)(F)F)c2)c1. The molecule has 0 heterocycles. The highest BCUT2D eigenvalue weighted by Crippen LogP contribution is 2.34. The van der Waals surface area contributed by atoms with Gasteiger partial charge in [-0.2, -0.15) is 18.4 Å².